The third-order valence-corrected chi connectivity index (χ3v) is 5.57. The lowest BCUT2D eigenvalue weighted by Gasteiger charge is -2.20. The van der Waals surface area contributed by atoms with Crippen LogP contribution in [0.1, 0.15) is 24.1 Å². The van der Waals surface area contributed by atoms with Crippen LogP contribution in [-0.4, -0.2) is 39.9 Å². The van der Waals surface area contributed by atoms with Gasteiger partial charge < -0.3 is 16.8 Å². The zero-order valence-electron chi connectivity index (χ0n) is 18.7. The first-order valence-corrected chi connectivity index (χ1v) is 10.9. The van der Waals surface area contributed by atoms with Crippen LogP contribution in [0.15, 0.2) is 59.7 Å². The van der Waals surface area contributed by atoms with E-state index in [2.05, 4.69) is 21.6 Å². The van der Waals surface area contributed by atoms with E-state index in [1.54, 1.807) is 24.3 Å². The summed E-state index contributed by atoms with van der Waals surface area (Å²) in [5.74, 6) is -1.20. The number of primary amides is 1. The van der Waals surface area contributed by atoms with E-state index in [0.717, 1.165) is 0 Å². The molecule has 3 aromatic rings. The first kappa shape index (κ1) is 23.4. The van der Waals surface area contributed by atoms with Gasteiger partial charge >= 0.3 is 0 Å². The molecule has 4 rings (SSSR count). The van der Waals surface area contributed by atoms with Crippen LogP contribution >= 0.6 is 0 Å². The summed E-state index contributed by atoms with van der Waals surface area (Å²) >= 11 is 0. The van der Waals surface area contributed by atoms with Gasteiger partial charge in [0.25, 0.3) is 5.91 Å². The fourth-order valence-corrected chi connectivity index (χ4v) is 3.80. The Morgan fingerprint density at radius 3 is 2.51 bits per heavy atom. The number of hydrogen-bond donors (Lipinski definition) is 3. The maximum atomic E-state index is 13.2. The number of nitrogen functional groups attached to an aromatic ring is 1. The average molecular weight is 475 g/mol. The van der Waals surface area contributed by atoms with E-state index in [-0.39, 0.29) is 23.5 Å². The highest BCUT2D eigenvalue weighted by molar-refractivity contribution is 6.40. The van der Waals surface area contributed by atoms with Crippen LogP contribution in [0.4, 0.5) is 15.9 Å². The number of nitrogens with two attached hydrogens (primary N) is 2. The molecule has 0 fully saturated rings. The molecular formula is C24H23FN8O2. The number of nitriles is 1. The molecule has 1 atom stereocenters. The van der Waals surface area contributed by atoms with Crippen LogP contribution in [-0.2, 0) is 16.0 Å². The lowest BCUT2D eigenvalue weighted by molar-refractivity contribution is -0.119. The standard InChI is InChI=1S/C24H23FN8O2/c25-15-8-10-17(11-9-15)33-22(27)18(14-26)19(30-33)7-4-12-29-24(35)20-13-21(23(28)34)32(31-20)16-5-2-1-3-6-16/h1-3,5-6,8-11,21H,4,7,12-13,27H2,(H2,28,34)(H,29,35). The molecule has 10 nitrogen and oxygen atoms in total. The number of benzene rings is 2. The van der Waals surface area contributed by atoms with Gasteiger partial charge in [-0.05, 0) is 49.2 Å². The lowest BCUT2D eigenvalue weighted by Crippen LogP contribution is -2.40. The maximum absolute atomic E-state index is 13.2. The maximum Gasteiger partial charge on any atom is 0.267 e. The second-order valence-corrected chi connectivity index (χ2v) is 7.92. The van der Waals surface area contributed by atoms with E-state index >= 15 is 0 Å². The van der Waals surface area contributed by atoms with Gasteiger partial charge in [0, 0.05) is 13.0 Å². The quantitative estimate of drug-likeness (QED) is 0.422. The van der Waals surface area contributed by atoms with E-state index in [1.165, 1.54) is 34.0 Å². The Kier molecular flexibility index (Phi) is 6.73. The molecule has 1 unspecified atom stereocenters. The predicted molar refractivity (Wildman–Crippen MR) is 128 cm³/mol. The number of carbonyl (C=O) groups excluding carboxylic acids is 2. The van der Waals surface area contributed by atoms with E-state index in [4.69, 9.17) is 11.5 Å². The summed E-state index contributed by atoms with van der Waals surface area (Å²) in [6.07, 6.45) is 0.969. The van der Waals surface area contributed by atoms with Gasteiger partial charge in [0.1, 0.15) is 35.0 Å². The number of nitrogens with one attached hydrogen (secondary N) is 1. The molecule has 35 heavy (non-hydrogen) atoms. The minimum absolute atomic E-state index is 0.104. The van der Waals surface area contributed by atoms with Crippen molar-refractivity contribution in [2.24, 2.45) is 10.8 Å². The zero-order valence-corrected chi connectivity index (χ0v) is 18.7. The number of nitrogens with zero attached hydrogens (tertiary/aromatic N) is 5. The van der Waals surface area contributed by atoms with E-state index in [1.807, 2.05) is 6.07 Å². The van der Waals surface area contributed by atoms with Crippen molar-refractivity contribution in [2.45, 2.75) is 25.3 Å². The number of hydrazone groups is 1. The number of halogens is 1. The number of para-hydroxylation sites is 1. The van der Waals surface area contributed by atoms with Crippen LogP contribution in [0.5, 0.6) is 0 Å². The lowest BCUT2D eigenvalue weighted by atomic mass is 10.1. The summed E-state index contributed by atoms with van der Waals surface area (Å²) < 4.78 is 14.6. The van der Waals surface area contributed by atoms with Crippen LogP contribution in [0.3, 0.4) is 0 Å². The van der Waals surface area contributed by atoms with Gasteiger partial charge in [-0.3, -0.25) is 14.6 Å². The summed E-state index contributed by atoms with van der Waals surface area (Å²) in [6, 6.07) is 15.9. The summed E-state index contributed by atoms with van der Waals surface area (Å²) in [7, 11) is 0. The van der Waals surface area contributed by atoms with Crippen molar-refractivity contribution >= 4 is 29.0 Å². The Morgan fingerprint density at radius 2 is 1.86 bits per heavy atom. The fraction of sp³-hybridized carbons (Fsp3) is 0.208. The molecule has 0 bridgehead atoms. The van der Waals surface area contributed by atoms with Crippen molar-refractivity contribution in [1.82, 2.24) is 15.1 Å². The Balaban J connectivity index is 1.38. The van der Waals surface area contributed by atoms with Crippen LogP contribution in [0, 0.1) is 17.1 Å². The van der Waals surface area contributed by atoms with E-state index in [0.29, 0.717) is 36.5 Å². The number of carbonyl (C=O) groups is 2. The predicted octanol–water partition coefficient (Wildman–Crippen LogP) is 1.63. The minimum atomic E-state index is -0.741. The van der Waals surface area contributed by atoms with E-state index in [9.17, 15) is 19.2 Å². The summed E-state index contributed by atoms with van der Waals surface area (Å²) in [5.41, 5.74) is 13.7. The molecular weight excluding hydrogens is 451 g/mol. The smallest absolute Gasteiger partial charge is 0.267 e. The minimum Gasteiger partial charge on any atom is -0.382 e. The zero-order chi connectivity index (χ0) is 24.9. The monoisotopic (exact) mass is 474 g/mol. The number of hydrogen-bond acceptors (Lipinski definition) is 7. The highest BCUT2D eigenvalue weighted by Gasteiger charge is 2.34. The van der Waals surface area contributed by atoms with Crippen molar-refractivity contribution < 1.29 is 14.0 Å². The molecule has 11 heteroatoms. The molecule has 2 aromatic carbocycles. The van der Waals surface area contributed by atoms with Gasteiger partial charge in [-0.1, -0.05) is 18.2 Å². The number of rotatable bonds is 8. The molecule has 2 heterocycles. The number of aromatic nitrogens is 2. The first-order valence-electron chi connectivity index (χ1n) is 10.9. The van der Waals surface area contributed by atoms with Gasteiger partial charge in [0.05, 0.1) is 17.1 Å². The first-order chi connectivity index (χ1) is 16.9. The Bertz CT molecular complexity index is 1310. The van der Waals surface area contributed by atoms with Gasteiger partial charge in [0.15, 0.2) is 0 Å². The topological polar surface area (TPSA) is 155 Å². The molecule has 1 aromatic heterocycles. The van der Waals surface area contributed by atoms with Crippen LogP contribution in [0.25, 0.3) is 5.69 Å². The van der Waals surface area contributed by atoms with Gasteiger partial charge in [-0.25, -0.2) is 9.07 Å². The molecule has 0 saturated carbocycles. The Morgan fingerprint density at radius 1 is 1.14 bits per heavy atom. The number of anilines is 2. The second kappa shape index (κ2) is 10.0. The van der Waals surface area contributed by atoms with Crippen LogP contribution < -0.4 is 21.8 Å². The SMILES string of the molecule is N#Cc1c(CCCNC(=O)C2=NN(c3ccccc3)C(C(N)=O)C2)nn(-c2ccc(F)cc2)c1N. The second-order valence-electron chi connectivity index (χ2n) is 7.92. The summed E-state index contributed by atoms with van der Waals surface area (Å²) in [4.78, 5) is 24.5. The molecule has 2 amide bonds. The molecule has 178 valence electrons. The molecule has 1 aliphatic rings. The molecule has 0 spiro atoms. The Labute approximate surface area is 200 Å². The van der Waals surface area contributed by atoms with Gasteiger partial charge in [-0.15, -0.1) is 0 Å². The van der Waals surface area contributed by atoms with Crippen molar-refractivity contribution in [1.29, 1.82) is 5.26 Å². The number of amides is 2. The average Bonchev–Trinajstić information content (AvgIpc) is 3.45. The Hall–Kier alpha value is -4.72. The molecule has 0 saturated heterocycles. The largest absolute Gasteiger partial charge is 0.382 e. The highest BCUT2D eigenvalue weighted by Crippen LogP contribution is 2.24. The molecule has 1 aliphatic heterocycles. The summed E-state index contributed by atoms with van der Waals surface area (Å²) in [6.45, 7) is 0.290. The van der Waals surface area contributed by atoms with Crippen molar-refractivity contribution in [3.8, 4) is 11.8 Å². The van der Waals surface area contributed by atoms with Crippen molar-refractivity contribution in [3.05, 3.63) is 71.7 Å². The fourth-order valence-electron chi connectivity index (χ4n) is 3.80. The normalized spacial score (nSPS) is 14.9. The summed E-state index contributed by atoms with van der Waals surface area (Å²) in [5, 5.41) is 22.5. The third-order valence-electron chi connectivity index (χ3n) is 5.57. The number of aryl methyl sites for hydroxylation is 1. The highest BCUT2D eigenvalue weighted by atomic mass is 19.1. The molecule has 5 N–H and O–H groups in total. The van der Waals surface area contributed by atoms with Crippen LogP contribution in [0.2, 0.25) is 0 Å². The van der Waals surface area contributed by atoms with Crippen molar-refractivity contribution in [3.63, 3.8) is 0 Å². The van der Waals surface area contributed by atoms with Gasteiger partial charge in [-0.2, -0.15) is 15.5 Å². The van der Waals surface area contributed by atoms with Gasteiger partial charge in [0.2, 0.25) is 5.91 Å². The molecule has 0 radical (unpaired) electrons. The third kappa shape index (κ3) is 4.96. The van der Waals surface area contributed by atoms with E-state index < -0.39 is 23.7 Å². The molecule has 0 aliphatic carbocycles. The van der Waals surface area contributed by atoms with Crippen molar-refractivity contribution in [2.75, 3.05) is 17.3 Å².